The van der Waals surface area contributed by atoms with E-state index in [9.17, 15) is 19.1 Å². The molecule has 2 N–H and O–H groups in total. The van der Waals surface area contributed by atoms with Crippen LogP contribution in [0.3, 0.4) is 0 Å². The molecule has 0 bridgehead atoms. The summed E-state index contributed by atoms with van der Waals surface area (Å²) in [6.45, 7) is 0.617. The molecule has 2 aromatic carbocycles. The molecule has 8 nitrogen and oxygen atoms in total. The second-order valence-corrected chi connectivity index (χ2v) is 5.81. The van der Waals surface area contributed by atoms with E-state index in [1.54, 1.807) is 6.07 Å². The molecule has 0 radical (unpaired) electrons. The molecule has 3 rings (SSSR count). The van der Waals surface area contributed by atoms with Gasteiger partial charge in [0.2, 0.25) is 0 Å². The molecule has 0 saturated carbocycles. The maximum absolute atomic E-state index is 13.9. The fourth-order valence-corrected chi connectivity index (χ4v) is 2.44. The molecule has 1 aliphatic rings. The number of carbonyl (C=O) groups is 2. The molecule has 1 unspecified atom stereocenters. The van der Waals surface area contributed by atoms with E-state index in [1.807, 2.05) is 0 Å². The summed E-state index contributed by atoms with van der Waals surface area (Å²) in [6, 6.07) is 7.85. The van der Waals surface area contributed by atoms with E-state index in [2.05, 4.69) is 0 Å². The number of aliphatic hydroxyl groups excluding tert-OH is 1. The molecular weight excluding hydrogens is 375 g/mol. The zero-order valence-electron chi connectivity index (χ0n) is 14.6. The Hall–Kier alpha value is -3.33. The van der Waals surface area contributed by atoms with Gasteiger partial charge in [-0.3, -0.25) is 4.79 Å². The molecule has 0 fully saturated rings. The minimum absolute atomic E-state index is 0.124. The molecule has 1 heterocycles. The van der Waals surface area contributed by atoms with Gasteiger partial charge in [-0.2, -0.15) is 0 Å². The Morgan fingerprint density at radius 3 is 2.61 bits per heavy atom. The van der Waals surface area contributed by atoms with Gasteiger partial charge in [-0.15, -0.1) is 0 Å². The Bertz CT molecular complexity index is 882. The van der Waals surface area contributed by atoms with E-state index in [0.717, 1.165) is 12.1 Å². The highest BCUT2D eigenvalue weighted by Gasteiger charge is 2.24. The molecule has 0 aliphatic carbocycles. The number of hydrogen-bond donors (Lipinski definition) is 2. The fraction of sp³-hybridized carbons (Fsp3) is 0.263. The second kappa shape index (κ2) is 8.57. The molecule has 0 aromatic heterocycles. The number of halogens is 1. The predicted octanol–water partition coefficient (Wildman–Crippen LogP) is 2.09. The third-order valence-corrected chi connectivity index (χ3v) is 3.80. The Morgan fingerprint density at radius 1 is 1.11 bits per heavy atom. The number of ether oxygens (including phenoxy) is 4. The van der Waals surface area contributed by atoms with E-state index >= 15 is 0 Å². The van der Waals surface area contributed by atoms with Crippen LogP contribution in [0.15, 0.2) is 36.4 Å². The highest BCUT2D eigenvalue weighted by Crippen LogP contribution is 2.33. The van der Waals surface area contributed by atoms with Crippen LogP contribution in [0.4, 0.5) is 4.39 Å². The Labute approximate surface area is 159 Å². The number of carboxylic acid groups (broad SMARTS) is 1. The van der Waals surface area contributed by atoms with Gasteiger partial charge >= 0.3 is 11.9 Å². The van der Waals surface area contributed by atoms with Crippen molar-refractivity contribution in [3.05, 3.63) is 47.8 Å². The van der Waals surface area contributed by atoms with Crippen molar-refractivity contribution in [3.8, 4) is 23.0 Å². The monoisotopic (exact) mass is 392 g/mol. The lowest BCUT2D eigenvalue weighted by molar-refractivity contribution is -0.144. The van der Waals surface area contributed by atoms with Crippen LogP contribution in [0.2, 0.25) is 0 Å². The summed E-state index contributed by atoms with van der Waals surface area (Å²) in [7, 11) is 0. The standard InChI is InChI=1S/C19H17FO8/c20-13-3-2-12(25-6-5-17(21)22)10-15(13)28-19(24)18(23)11-1-4-14-16(9-11)27-8-7-26-14/h1-4,9-10,18,23H,5-8H2,(H,21,22). The topological polar surface area (TPSA) is 112 Å². The van der Waals surface area contributed by atoms with Crippen LogP contribution < -0.4 is 18.9 Å². The van der Waals surface area contributed by atoms with E-state index in [-0.39, 0.29) is 24.3 Å². The Kier molecular flexibility index (Phi) is 5.95. The number of aliphatic carboxylic acids is 1. The summed E-state index contributed by atoms with van der Waals surface area (Å²) in [5.41, 5.74) is 0.198. The van der Waals surface area contributed by atoms with Gasteiger partial charge < -0.3 is 29.2 Å². The van der Waals surface area contributed by atoms with Gasteiger partial charge in [-0.05, 0) is 29.8 Å². The average Bonchev–Trinajstić information content (AvgIpc) is 2.69. The summed E-state index contributed by atoms with van der Waals surface area (Å²) >= 11 is 0. The Morgan fingerprint density at radius 2 is 1.86 bits per heavy atom. The van der Waals surface area contributed by atoms with Crippen molar-refractivity contribution < 1.29 is 43.1 Å². The number of hydrogen-bond acceptors (Lipinski definition) is 7. The van der Waals surface area contributed by atoms with Crippen LogP contribution in [0.25, 0.3) is 0 Å². The first-order valence-electron chi connectivity index (χ1n) is 8.37. The Balaban J connectivity index is 1.68. The molecule has 9 heteroatoms. The first-order chi connectivity index (χ1) is 13.4. The number of benzene rings is 2. The third-order valence-electron chi connectivity index (χ3n) is 3.80. The number of esters is 1. The summed E-state index contributed by atoms with van der Waals surface area (Å²) in [5.74, 6) is -2.43. The first-order valence-corrected chi connectivity index (χ1v) is 8.37. The zero-order valence-corrected chi connectivity index (χ0v) is 14.6. The fourth-order valence-electron chi connectivity index (χ4n) is 2.44. The van der Waals surface area contributed by atoms with Crippen molar-refractivity contribution in [2.24, 2.45) is 0 Å². The minimum Gasteiger partial charge on any atom is -0.493 e. The maximum Gasteiger partial charge on any atom is 0.345 e. The van der Waals surface area contributed by atoms with E-state index in [0.29, 0.717) is 24.7 Å². The normalized spacial score (nSPS) is 13.5. The third kappa shape index (κ3) is 4.68. The van der Waals surface area contributed by atoms with Gasteiger partial charge in [0.25, 0.3) is 0 Å². The van der Waals surface area contributed by atoms with E-state index < -0.39 is 29.6 Å². The van der Waals surface area contributed by atoms with Crippen molar-refractivity contribution >= 4 is 11.9 Å². The maximum atomic E-state index is 13.9. The summed E-state index contributed by atoms with van der Waals surface area (Å²) in [6.07, 6.45) is -1.91. The number of carboxylic acids is 1. The summed E-state index contributed by atoms with van der Waals surface area (Å²) in [5, 5.41) is 18.8. The quantitative estimate of drug-likeness (QED) is 0.544. The number of aliphatic hydroxyl groups is 1. The average molecular weight is 392 g/mol. The highest BCUT2D eigenvalue weighted by atomic mass is 19.1. The molecule has 0 spiro atoms. The molecule has 0 saturated heterocycles. The lowest BCUT2D eigenvalue weighted by Crippen LogP contribution is -2.20. The predicted molar refractivity (Wildman–Crippen MR) is 92.2 cm³/mol. The lowest BCUT2D eigenvalue weighted by Gasteiger charge is -2.20. The van der Waals surface area contributed by atoms with Crippen LogP contribution in [-0.2, 0) is 9.59 Å². The summed E-state index contributed by atoms with van der Waals surface area (Å²) < 4.78 is 34.8. The van der Waals surface area contributed by atoms with Crippen LogP contribution in [0.5, 0.6) is 23.0 Å². The lowest BCUT2D eigenvalue weighted by atomic mass is 10.1. The highest BCUT2D eigenvalue weighted by molar-refractivity contribution is 5.79. The smallest absolute Gasteiger partial charge is 0.345 e. The SMILES string of the molecule is O=C(O)CCOc1ccc(F)c(OC(=O)C(O)c2ccc3c(c2)OCCO3)c1. The van der Waals surface area contributed by atoms with Gasteiger partial charge in [0.15, 0.2) is 29.2 Å². The van der Waals surface area contributed by atoms with Crippen LogP contribution in [0.1, 0.15) is 18.1 Å². The summed E-state index contributed by atoms with van der Waals surface area (Å²) in [4.78, 5) is 22.7. The molecule has 1 atom stereocenters. The molecule has 1 aliphatic heterocycles. The van der Waals surface area contributed by atoms with Crippen LogP contribution in [-0.4, -0.2) is 42.0 Å². The van der Waals surface area contributed by atoms with Crippen LogP contribution in [0, 0.1) is 5.82 Å². The van der Waals surface area contributed by atoms with Gasteiger partial charge in [0, 0.05) is 6.07 Å². The molecular formula is C19H17FO8. The van der Waals surface area contributed by atoms with Crippen molar-refractivity contribution in [1.82, 2.24) is 0 Å². The molecule has 28 heavy (non-hydrogen) atoms. The largest absolute Gasteiger partial charge is 0.493 e. The van der Waals surface area contributed by atoms with Crippen molar-refractivity contribution in [2.75, 3.05) is 19.8 Å². The first kappa shape index (κ1) is 19.4. The number of fused-ring (bicyclic) bond motifs is 1. The van der Waals surface area contributed by atoms with Crippen molar-refractivity contribution in [1.29, 1.82) is 0 Å². The number of carbonyl (C=O) groups excluding carboxylic acids is 1. The van der Waals surface area contributed by atoms with Crippen molar-refractivity contribution in [3.63, 3.8) is 0 Å². The second-order valence-electron chi connectivity index (χ2n) is 5.81. The van der Waals surface area contributed by atoms with Gasteiger partial charge in [0.1, 0.15) is 19.0 Å². The molecule has 148 valence electrons. The van der Waals surface area contributed by atoms with E-state index in [1.165, 1.54) is 18.2 Å². The van der Waals surface area contributed by atoms with Crippen molar-refractivity contribution in [2.45, 2.75) is 12.5 Å². The molecule has 2 aromatic rings. The van der Waals surface area contributed by atoms with Gasteiger partial charge in [0.05, 0.1) is 13.0 Å². The van der Waals surface area contributed by atoms with Gasteiger partial charge in [-0.25, -0.2) is 9.18 Å². The van der Waals surface area contributed by atoms with E-state index in [4.69, 9.17) is 24.1 Å². The van der Waals surface area contributed by atoms with Gasteiger partial charge in [-0.1, -0.05) is 6.07 Å². The minimum atomic E-state index is -1.67. The zero-order chi connectivity index (χ0) is 20.1. The molecule has 0 amide bonds. The number of rotatable bonds is 7. The van der Waals surface area contributed by atoms with Crippen LogP contribution >= 0.6 is 0 Å².